The third kappa shape index (κ3) is 4.98. The number of aryl methyl sites for hydroxylation is 2. The molecule has 0 aliphatic heterocycles. The number of esters is 1. The number of pyridine rings is 1. The summed E-state index contributed by atoms with van der Waals surface area (Å²) in [4.78, 5) is 24.2. The fourth-order valence-corrected chi connectivity index (χ4v) is 2.41. The average Bonchev–Trinajstić information content (AvgIpc) is 2.50. The van der Waals surface area contributed by atoms with Crippen LogP contribution in [-0.4, -0.2) is 16.1 Å². The summed E-state index contributed by atoms with van der Waals surface area (Å²) in [5.74, 6) is -0.457. The van der Waals surface area contributed by atoms with Gasteiger partial charge in [0.1, 0.15) is 17.8 Å². The van der Waals surface area contributed by atoms with E-state index in [1.54, 1.807) is 33.0 Å². The van der Waals surface area contributed by atoms with Gasteiger partial charge in [-0.3, -0.25) is 9.59 Å². The highest BCUT2D eigenvalue weighted by atomic mass is 16.6. The van der Waals surface area contributed by atoms with Crippen LogP contribution in [0.1, 0.15) is 31.9 Å². The van der Waals surface area contributed by atoms with Crippen molar-refractivity contribution < 1.29 is 9.53 Å². The van der Waals surface area contributed by atoms with E-state index >= 15 is 0 Å². The van der Waals surface area contributed by atoms with Crippen LogP contribution in [-0.2, 0) is 28.9 Å². The van der Waals surface area contributed by atoms with Crippen LogP contribution in [0, 0.1) is 0 Å². The number of anilines is 1. The predicted octanol–water partition coefficient (Wildman–Crippen LogP) is 2.56. The molecule has 2 N–H and O–H groups in total. The second-order valence-corrected chi connectivity index (χ2v) is 6.76. The minimum Gasteiger partial charge on any atom is -0.459 e. The lowest BCUT2D eigenvalue weighted by Gasteiger charge is -2.20. The van der Waals surface area contributed by atoms with Crippen LogP contribution in [0.3, 0.4) is 0 Å². The van der Waals surface area contributed by atoms with Crippen molar-refractivity contribution in [1.82, 2.24) is 4.57 Å². The van der Waals surface area contributed by atoms with E-state index in [4.69, 9.17) is 10.5 Å². The van der Waals surface area contributed by atoms with Gasteiger partial charge in [0.05, 0.1) is 0 Å². The van der Waals surface area contributed by atoms with Gasteiger partial charge >= 0.3 is 5.97 Å². The molecule has 5 heteroatoms. The molecule has 0 saturated carbocycles. The summed E-state index contributed by atoms with van der Waals surface area (Å²) in [5, 5.41) is 0. The van der Waals surface area contributed by atoms with Crippen LogP contribution < -0.4 is 11.3 Å². The number of nitrogens with two attached hydrogens (primary N) is 1. The van der Waals surface area contributed by atoms with Crippen molar-refractivity contribution in [2.75, 3.05) is 5.73 Å². The third-order valence-electron chi connectivity index (χ3n) is 3.54. The fraction of sp³-hybridized carbons (Fsp3) is 0.368. The smallest absolute Gasteiger partial charge is 0.326 e. The molecule has 0 aliphatic carbocycles. The number of carbonyl (C=O) groups is 1. The summed E-state index contributed by atoms with van der Waals surface area (Å²) >= 11 is 0. The van der Waals surface area contributed by atoms with E-state index in [2.05, 4.69) is 0 Å². The standard InChI is InChI=1S/C19H24N2O3/c1-19(2,3)24-16(22)13-21-12-11-15(17(20)18(21)23)10-9-14-7-5-4-6-8-14/h4-8,11-12H,9-10,13,20H2,1-3H3. The van der Waals surface area contributed by atoms with Crippen molar-refractivity contribution in [1.29, 1.82) is 0 Å². The van der Waals surface area contributed by atoms with Gasteiger partial charge in [0, 0.05) is 6.20 Å². The van der Waals surface area contributed by atoms with Crippen LogP contribution >= 0.6 is 0 Å². The molecular weight excluding hydrogens is 304 g/mol. The predicted molar refractivity (Wildman–Crippen MR) is 94.8 cm³/mol. The highest BCUT2D eigenvalue weighted by Crippen LogP contribution is 2.12. The Morgan fingerprint density at radius 2 is 1.79 bits per heavy atom. The molecule has 1 aromatic carbocycles. The van der Waals surface area contributed by atoms with Crippen LogP contribution in [0.15, 0.2) is 47.4 Å². The minimum absolute atomic E-state index is 0.140. The highest BCUT2D eigenvalue weighted by molar-refractivity contribution is 5.69. The van der Waals surface area contributed by atoms with Gasteiger partial charge in [-0.1, -0.05) is 30.3 Å². The van der Waals surface area contributed by atoms with E-state index in [0.29, 0.717) is 6.42 Å². The molecule has 24 heavy (non-hydrogen) atoms. The van der Waals surface area contributed by atoms with Crippen molar-refractivity contribution in [2.45, 2.75) is 45.8 Å². The molecule has 0 spiro atoms. The van der Waals surface area contributed by atoms with Crippen molar-refractivity contribution in [3.63, 3.8) is 0 Å². The molecule has 5 nitrogen and oxygen atoms in total. The van der Waals surface area contributed by atoms with Crippen molar-refractivity contribution in [2.24, 2.45) is 0 Å². The maximum Gasteiger partial charge on any atom is 0.326 e. The lowest BCUT2D eigenvalue weighted by atomic mass is 10.0. The zero-order valence-electron chi connectivity index (χ0n) is 14.4. The lowest BCUT2D eigenvalue weighted by Crippen LogP contribution is -2.31. The van der Waals surface area contributed by atoms with E-state index < -0.39 is 11.6 Å². The summed E-state index contributed by atoms with van der Waals surface area (Å²) in [7, 11) is 0. The molecule has 2 aromatic rings. The first kappa shape index (κ1) is 17.8. The molecular formula is C19H24N2O3. The molecule has 1 heterocycles. The van der Waals surface area contributed by atoms with Crippen LogP contribution in [0.5, 0.6) is 0 Å². The zero-order chi connectivity index (χ0) is 17.7. The number of aromatic nitrogens is 1. The lowest BCUT2D eigenvalue weighted by molar-refractivity contribution is -0.155. The Bertz CT molecular complexity index is 758. The number of ether oxygens (including phenoxy) is 1. The molecule has 1 aromatic heterocycles. The molecule has 0 fully saturated rings. The summed E-state index contributed by atoms with van der Waals surface area (Å²) in [5.41, 5.74) is 7.21. The zero-order valence-corrected chi connectivity index (χ0v) is 14.4. The Balaban J connectivity index is 2.08. The van der Waals surface area contributed by atoms with E-state index in [1.165, 1.54) is 10.1 Å². The Labute approximate surface area is 142 Å². The van der Waals surface area contributed by atoms with Crippen LogP contribution in [0.4, 0.5) is 5.69 Å². The first-order valence-electron chi connectivity index (χ1n) is 8.00. The van der Waals surface area contributed by atoms with Gasteiger partial charge in [0.15, 0.2) is 0 Å². The normalized spacial score (nSPS) is 11.3. The van der Waals surface area contributed by atoms with Gasteiger partial charge in [0.25, 0.3) is 5.56 Å². The van der Waals surface area contributed by atoms with Crippen molar-refractivity contribution in [3.8, 4) is 0 Å². The van der Waals surface area contributed by atoms with E-state index in [9.17, 15) is 9.59 Å². The molecule has 2 rings (SSSR count). The summed E-state index contributed by atoms with van der Waals surface area (Å²) in [6.45, 7) is 5.22. The largest absolute Gasteiger partial charge is 0.459 e. The number of rotatable bonds is 5. The third-order valence-corrected chi connectivity index (χ3v) is 3.54. The van der Waals surface area contributed by atoms with E-state index in [1.807, 2.05) is 30.3 Å². The van der Waals surface area contributed by atoms with Gasteiger partial charge in [-0.25, -0.2) is 0 Å². The molecule has 0 radical (unpaired) electrons. The maximum atomic E-state index is 12.3. The summed E-state index contributed by atoms with van der Waals surface area (Å²) in [6.07, 6.45) is 3.09. The van der Waals surface area contributed by atoms with Crippen LogP contribution in [0.25, 0.3) is 0 Å². The first-order valence-corrected chi connectivity index (χ1v) is 8.00. The van der Waals surface area contributed by atoms with Crippen LogP contribution in [0.2, 0.25) is 0 Å². The molecule has 128 valence electrons. The Kier molecular flexibility index (Phi) is 5.44. The number of nitrogen functional groups attached to an aromatic ring is 1. The number of benzene rings is 1. The average molecular weight is 328 g/mol. The van der Waals surface area contributed by atoms with E-state index in [0.717, 1.165) is 12.0 Å². The van der Waals surface area contributed by atoms with Gasteiger partial charge in [-0.2, -0.15) is 0 Å². The first-order chi connectivity index (χ1) is 11.3. The number of hydrogen-bond acceptors (Lipinski definition) is 4. The SMILES string of the molecule is CC(C)(C)OC(=O)Cn1ccc(CCc2ccccc2)c(N)c1=O. The van der Waals surface area contributed by atoms with E-state index in [-0.39, 0.29) is 17.8 Å². The molecule has 0 unspecified atom stereocenters. The quantitative estimate of drug-likeness (QED) is 0.856. The molecule has 0 atom stereocenters. The van der Waals surface area contributed by atoms with Crippen molar-refractivity contribution >= 4 is 11.7 Å². The second kappa shape index (κ2) is 7.34. The summed E-state index contributed by atoms with van der Waals surface area (Å²) in [6, 6.07) is 11.8. The van der Waals surface area contributed by atoms with Gasteiger partial charge in [0.2, 0.25) is 0 Å². The Hall–Kier alpha value is -2.56. The van der Waals surface area contributed by atoms with Gasteiger partial charge < -0.3 is 15.0 Å². The number of nitrogens with zero attached hydrogens (tertiary/aromatic N) is 1. The fourth-order valence-electron chi connectivity index (χ4n) is 2.41. The Morgan fingerprint density at radius 1 is 1.12 bits per heavy atom. The van der Waals surface area contributed by atoms with Crippen molar-refractivity contribution in [3.05, 3.63) is 64.1 Å². The Morgan fingerprint density at radius 3 is 2.42 bits per heavy atom. The topological polar surface area (TPSA) is 74.3 Å². The second-order valence-electron chi connectivity index (χ2n) is 6.76. The maximum absolute atomic E-state index is 12.3. The number of carbonyl (C=O) groups excluding carboxylic acids is 1. The molecule has 0 aliphatic rings. The number of hydrogen-bond donors (Lipinski definition) is 1. The highest BCUT2D eigenvalue weighted by Gasteiger charge is 2.17. The minimum atomic E-state index is -0.581. The monoisotopic (exact) mass is 328 g/mol. The van der Waals surface area contributed by atoms with Gasteiger partial charge in [-0.15, -0.1) is 0 Å². The molecule has 0 amide bonds. The molecule has 0 bridgehead atoms. The molecule has 0 saturated heterocycles. The van der Waals surface area contributed by atoms with Gasteiger partial charge in [-0.05, 0) is 50.8 Å². The summed E-state index contributed by atoms with van der Waals surface area (Å²) < 4.78 is 6.52.